The van der Waals surface area contributed by atoms with E-state index in [1.807, 2.05) is 12.1 Å². The molecular formula is C17H22ClN3. The maximum atomic E-state index is 6.31. The summed E-state index contributed by atoms with van der Waals surface area (Å²) in [5.41, 5.74) is 3.76. The van der Waals surface area contributed by atoms with E-state index in [0.717, 1.165) is 23.1 Å². The van der Waals surface area contributed by atoms with E-state index < -0.39 is 0 Å². The van der Waals surface area contributed by atoms with Crippen LogP contribution in [0.5, 0.6) is 0 Å². The third-order valence-corrected chi connectivity index (χ3v) is 5.51. The summed E-state index contributed by atoms with van der Waals surface area (Å²) in [4.78, 5) is 8.81. The third-order valence-electron chi connectivity index (χ3n) is 5.20. The molecule has 2 aromatic rings. The van der Waals surface area contributed by atoms with E-state index in [9.17, 15) is 0 Å². The van der Waals surface area contributed by atoms with Gasteiger partial charge in [0.05, 0.1) is 10.5 Å². The average molecular weight is 304 g/mol. The molecule has 1 aromatic carbocycles. The van der Waals surface area contributed by atoms with Gasteiger partial charge >= 0.3 is 0 Å². The van der Waals surface area contributed by atoms with Gasteiger partial charge in [0.2, 0.25) is 0 Å². The lowest BCUT2D eigenvalue weighted by Crippen LogP contribution is -2.49. The molecule has 1 atom stereocenters. The molecule has 0 radical (unpaired) electrons. The Kier molecular flexibility index (Phi) is 3.44. The molecule has 0 saturated carbocycles. The molecule has 2 fully saturated rings. The summed E-state index contributed by atoms with van der Waals surface area (Å²) in [6, 6.07) is 6.94. The Morgan fingerprint density at radius 1 is 1.29 bits per heavy atom. The largest absolute Gasteiger partial charge is 0.356 e. The summed E-state index contributed by atoms with van der Waals surface area (Å²) in [6.07, 6.45) is 2.74. The minimum Gasteiger partial charge on any atom is -0.356 e. The third kappa shape index (κ3) is 2.37. The Morgan fingerprint density at radius 2 is 2.19 bits per heavy atom. The van der Waals surface area contributed by atoms with Crippen LogP contribution in [0.2, 0.25) is 5.02 Å². The molecule has 0 amide bonds. The van der Waals surface area contributed by atoms with Crippen LogP contribution in [0, 0.1) is 6.92 Å². The van der Waals surface area contributed by atoms with Crippen molar-refractivity contribution in [3.05, 3.63) is 34.5 Å². The van der Waals surface area contributed by atoms with Crippen molar-refractivity contribution in [1.82, 2.24) is 14.8 Å². The summed E-state index contributed by atoms with van der Waals surface area (Å²) in [5, 5.41) is 2.08. The monoisotopic (exact) mass is 303 g/mol. The number of fused-ring (bicyclic) bond motifs is 2. The molecule has 112 valence electrons. The first-order valence-electron chi connectivity index (χ1n) is 7.94. The van der Waals surface area contributed by atoms with Gasteiger partial charge in [-0.15, -0.1) is 0 Å². The van der Waals surface area contributed by atoms with Gasteiger partial charge in [-0.25, -0.2) is 0 Å². The van der Waals surface area contributed by atoms with Crippen LogP contribution in [0.4, 0.5) is 0 Å². The summed E-state index contributed by atoms with van der Waals surface area (Å²) >= 11 is 6.31. The molecule has 2 aliphatic rings. The van der Waals surface area contributed by atoms with E-state index in [4.69, 9.17) is 11.6 Å². The van der Waals surface area contributed by atoms with Gasteiger partial charge < -0.3 is 4.98 Å². The van der Waals surface area contributed by atoms with E-state index in [-0.39, 0.29) is 0 Å². The minimum absolute atomic E-state index is 0.784. The Bertz CT molecular complexity index is 663. The van der Waals surface area contributed by atoms with Crippen LogP contribution in [0.1, 0.15) is 24.1 Å². The number of aromatic nitrogens is 1. The number of rotatable bonds is 2. The lowest BCUT2D eigenvalue weighted by Gasteiger charge is -2.37. The molecule has 0 aliphatic carbocycles. The number of aromatic amines is 1. The lowest BCUT2D eigenvalue weighted by molar-refractivity contribution is 0.0985. The van der Waals surface area contributed by atoms with Gasteiger partial charge in [0.15, 0.2) is 0 Å². The molecule has 4 heteroatoms. The number of nitrogens with zero attached hydrogens (tertiary/aromatic N) is 2. The van der Waals surface area contributed by atoms with Gasteiger partial charge in [0, 0.05) is 43.3 Å². The van der Waals surface area contributed by atoms with Gasteiger partial charge in [-0.3, -0.25) is 9.80 Å². The Morgan fingerprint density at radius 3 is 3.05 bits per heavy atom. The highest BCUT2D eigenvalue weighted by Crippen LogP contribution is 2.29. The standard InChI is InChI=1S/C17H22ClN3/c1-12-14-5-2-6-15(18)17(14)19-16(12)11-20-8-9-21-7-3-4-13(21)10-20/h2,5-6,13,19H,3-4,7-11H2,1H3/t13-/m1/s1. The second-order valence-electron chi connectivity index (χ2n) is 6.46. The summed E-state index contributed by atoms with van der Waals surface area (Å²) in [5.74, 6) is 0. The van der Waals surface area contributed by atoms with Crippen LogP contribution >= 0.6 is 11.6 Å². The molecule has 2 saturated heterocycles. The second kappa shape index (κ2) is 5.31. The number of para-hydroxylation sites is 1. The fraction of sp³-hybridized carbons (Fsp3) is 0.529. The molecule has 1 aromatic heterocycles. The van der Waals surface area contributed by atoms with Gasteiger partial charge in [-0.1, -0.05) is 23.7 Å². The molecule has 0 spiro atoms. The van der Waals surface area contributed by atoms with Crippen LogP contribution < -0.4 is 0 Å². The predicted molar refractivity (Wildman–Crippen MR) is 87.9 cm³/mol. The first-order valence-corrected chi connectivity index (χ1v) is 8.32. The molecule has 2 aliphatic heterocycles. The van der Waals surface area contributed by atoms with Crippen molar-refractivity contribution in [2.45, 2.75) is 32.4 Å². The zero-order valence-electron chi connectivity index (χ0n) is 12.5. The molecule has 3 nitrogen and oxygen atoms in total. The number of H-pyrrole nitrogens is 1. The highest BCUT2D eigenvalue weighted by atomic mass is 35.5. The molecule has 3 heterocycles. The number of hydrogen-bond acceptors (Lipinski definition) is 2. The van der Waals surface area contributed by atoms with Crippen LogP contribution in [-0.4, -0.2) is 47.0 Å². The fourth-order valence-electron chi connectivity index (χ4n) is 3.95. The average Bonchev–Trinajstić information content (AvgIpc) is 3.06. The molecule has 21 heavy (non-hydrogen) atoms. The Labute approximate surface area is 130 Å². The predicted octanol–water partition coefficient (Wildman–Crippen LogP) is 3.41. The smallest absolute Gasteiger partial charge is 0.0648 e. The maximum absolute atomic E-state index is 6.31. The van der Waals surface area contributed by atoms with Gasteiger partial charge in [0.1, 0.15) is 0 Å². The van der Waals surface area contributed by atoms with E-state index in [0.29, 0.717) is 0 Å². The molecule has 4 rings (SSSR count). The zero-order valence-corrected chi connectivity index (χ0v) is 13.3. The number of aryl methyl sites for hydroxylation is 1. The molecular weight excluding hydrogens is 282 g/mol. The van der Waals surface area contributed by atoms with Gasteiger partial charge in [0.25, 0.3) is 0 Å². The number of piperazine rings is 1. The lowest BCUT2D eigenvalue weighted by atomic mass is 10.1. The van der Waals surface area contributed by atoms with Crippen LogP contribution in [0.15, 0.2) is 18.2 Å². The fourth-order valence-corrected chi connectivity index (χ4v) is 4.17. The molecule has 0 unspecified atom stereocenters. The minimum atomic E-state index is 0.784. The van der Waals surface area contributed by atoms with E-state index in [1.165, 1.54) is 55.7 Å². The topological polar surface area (TPSA) is 22.3 Å². The number of hydrogen-bond donors (Lipinski definition) is 1. The summed E-state index contributed by atoms with van der Waals surface area (Å²) < 4.78 is 0. The van der Waals surface area contributed by atoms with Crippen molar-refractivity contribution in [2.75, 3.05) is 26.2 Å². The number of benzene rings is 1. The first-order chi connectivity index (χ1) is 10.2. The van der Waals surface area contributed by atoms with E-state index >= 15 is 0 Å². The van der Waals surface area contributed by atoms with E-state index in [1.54, 1.807) is 0 Å². The number of nitrogens with one attached hydrogen (secondary N) is 1. The van der Waals surface area contributed by atoms with Gasteiger partial charge in [-0.2, -0.15) is 0 Å². The summed E-state index contributed by atoms with van der Waals surface area (Å²) in [7, 11) is 0. The van der Waals surface area contributed by atoms with Gasteiger partial charge in [-0.05, 0) is 37.9 Å². The van der Waals surface area contributed by atoms with Crippen molar-refractivity contribution >= 4 is 22.5 Å². The van der Waals surface area contributed by atoms with Crippen molar-refractivity contribution in [3.63, 3.8) is 0 Å². The summed E-state index contributed by atoms with van der Waals surface area (Å²) in [6.45, 7) is 8.14. The molecule has 1 N–H and O–H groups in total. The normalized spacial score (nSPS) is 23.8. The van der Waals surface area contributed by atoms with Crippen LogP contribution in [-0.2, 0) is 6.54 Å². The maximum Gasteiger partial charge on any atom is 0.0648 e. The van der Waals surface area contributed by atoms with Crippen LogP contribution in [0.3, 0.4) is 0 Å². The zero-order chi connectivity index (χ0) is 14.4. The van der Waals surface area contributed by atoms with Crippen molar-refractivity contribution < 1.29 is 0 Å². The first kappa shape index (κ1) is 13.6. The molecule has 0 bridgehead atoms. The van der Waals surface area contributed by atoms with E-state index in [2.05, 4.69) is 27.8 Å². The quantitative estimate of drug-likeness (QED) is 0.918. The highest BCUT2D eigenvalue weighted by Gasteiger charge is 2.30. The van der Waals surface area contributed by atoms with Crippen molar-refractivity contribution in [1.29, 1.82) is 0 Å². The highest BCUT2D eigenvalue weighted by molar-refractivity contribution is 6.35. The second-order valence-corrected chi connectivity index (χ2v) is 6.87. The number of halogens is 1. The Balaban J connectivity index is 1.57. The van der Waals surface area contributed by atoms with Crippen molar-refractivity contribution in [3.8, 4) is 0 Å². The SMILES string of the molecule is Cc1c(CN2CCN3CCC[C@@H]3C2)[nH]c2c(Cl)cccc12. The van der Waals surface area contributed by atoms with Crippen molar-refractivity contribution in [2.24, 2.45) is 0 Å². The van der Waals surface area contributed by atoms with Crippen LogP contribution in [0.25, 0.3) is 10.9 Å². The Hall–Kier alpha value is -1.03.